The Kier molecular flexibility index (Phi) is 6.78. The topological polar surface area (TPSA) is 70.1 Å². The maximum absolute atomic E-state index is 14.1. The zero-order valence-electron chi connectivity index (χ0n) is 21.3. The summed E-state index contributed by atoms with van der Waals surface area (Å²) >= 11 is 2.28. The number of ether oxygens (including phenoxy) is 1. The van der Waals surface area contributed by atoms with Crippen molar-refractivity contribution >= 4 is 40.1 Å². The minimum absolute atomic E-state index is 0.0396. The fourth-order valence-electron chi connectivity index (χ4n) is 6.43. The van der Waals surface area contributed by atoms with Crippen LogP contribution >= 0.6 is 22.6 Å². The van der Waals surface area contributed by atoms with Gasteiger partial charge in [0, 0.05) is 21.6 Å². The summed E-state index contributed by atoms with van der Waals surface area (Å²) in [4.78, 5) is 31.3. The van der Waals surface area contributed by atoms with E-state index in [0.29, 0.717) is 25.9 Å². The Hall–Kier alpha value is -2.75. The van der Waals surface area contributed by atoms with Crippen LogP contribution < -0.4 is 4.90 Å². The lowest BCUT2D eigenvalue weighted by atomic mass is 9.83. The second-order valence-corrected chi connectivity index (χ2v) is 11.9. The van der Waals surface area contributed by atoms with Crippen molar-refractivity contribution in [3.05, 3.63) is 98.6 Å². The average Bonchev–Trinajstić information content (AvgIpc) is 3.38. The first-order chi connectivity index (χ1) is 18.4. The first-order valence-corrected chi connectivity index (χ1v) is 14.3. The summed E-state index contributed by atoms with van der Waals surface area (Å²) in [5.41, 5.74) is 4.04. The van der Waals surface area contributed by atoms with Gasteiger partial charge in [-0.3, -0.25) is 9.59 Å². The number of anilines is 1. The predicted molar refractivity (Wildman–Crippen MR) is 153 cm³/mol. The Balaban J connectivity index is 1.24. The van der Waals surface area contributed by atoms with E-state index in [1.165, 1.54) is 5.56 Å². The molecule has 3 aromatic rings. The van der Waals surface area contributed by atoms with Crippen LogP contribution in [-0.4, -0.2) is 40.6 Å². The summed E-state index contributed by atoms with van der Waals surface area (Å²) in [5.74, 6) is -0.173. The standard InChI is InChI=1S/C31H31IN2O4/c1-20-14-26(16-29(36)33-18-23-7-3-2-6-22(23)15-25(33)19-35)38-31(20)27-8-4-5-9-28(27)34(30(31)37)17-21-10-12-24(32)13-11-21/h2-13,20,25-26,35H,14-19H2,1H3/t20-,25-,26-,31+/m0/s1. The van der Waals surface area contributed by atoms with E-state index in [9.17, 15) is 14.7 Å². The van der Waals surface area contributed by atoms with Gasteiger partial charge in [-0.1, -0.05) is 61.5 Å². The summed E-state index contributed by atoms with van der Waals surface area (Å²) in [6.45, 7) is 2.94. The molecule has 4 atom stereocenters. The molecule has 3 aliphatic rings. The second-order valence-electron chi connectivity index (χ2n) is 10.7. The van der Waals surface area contributed by atoms with E-state index in [-0.39, 0.29) is 42.9 Å². The Bertz CT molecular complexity index is 1380. The second kappa shape index (κ2) is 10.1. The molecule has 0 aromatic heterocycles. The highest BCUT2D eigenvalue weighted by atomic mass is 127. The third-order valence-corrected chi connectivity index (χ3v) is 9.08. The van der Waals surface area contributed by atoms with Gasteiger partial charge in [-0.05, 0) is 70.3 Å². The van der Waals surface area contributed by atoms with Gasteiger partial charge in [0.1, 0.15) is 0 Å². The van der Waals surface area contributed by atoms with Crippen molar-refractivity contribution in [3.8, 4) is 0 Å². The van der Waals surface area contributed by atoms with Gasteiger partial charge in [-0.15, -0.1) is 0 Å². The van der Waals surface area contributed by atoms with E-state index < -0.39 is 5.60 Å². The molecule has 2 amide bonds. The van der Waals surface area contributed by atoms with Gasteiger partial charge >= 0.3 is 0 Å². The van der Waals surface area contributed by atoms with Crippen LogP contribution in [0.4, 0.5) is 5.69 Å². The first kappa shape index (κ1) is 25.5. The first-order valence-electron chi connectivity index (χ1n) is 13.2. The van der Waals surface area contributed by atoms with Gasteiger partial charge in [0.15, 0.2) is 5.60 Å². The molecule has 1 N–H and O–H groups in total. The minimum atomic E-state index is -1.09. The Morgan fingerprint density at radius 2 is 1.76 bits per heavy atom. The molecule has 0 radical (unpaired) electrons. The maximum atomic E-state index is 14.1. The highest BCUT2D eigenvalue weighted by Gasteiger charge is 2.60. The summed E-state index contributed by atoms with van der Waals surface area (Å²) in [5, 5.41) is 10.0. The van der Waals surface area contributed by atoms with Crippen LogP contribution in [-0.2, 0) is 39.4 Å². The van der Waals surface area contributed by atoms with E-state index in [2.05, 4.69) is 47.7 Å². The quantitative estimate of drug-likeness (QED) is 0.416. The summed E-state index contributed by atoms with van der Waals surface area (Å²) < 4.78 is 7.80. The molecule has 7 heteroatoms. The zero-order chi connectivity index (χ0) is 26.4. The van der Waals surface area contributed by atoms with Gasteiger partial charge in [0.2, 0.25) is 5.91 Å². The number of rotatable bonds is 5. The molecule has 6 nitrogen and oxygen atoms in total. The maximum Gasteiger partial charge on any atom is 0.264 e. The molecule has 38 heavy (non-hydrogen) atoms. The third kappa shape index (κ3) is 4.25. The number of hydrogen-bond acceptors (Lipinski definition) is 4. The molecule has 3 aliphatic heterocycles. The molecule has 3 aromatic carbocycles. The molecule has 1 spiro atoms. The lowest BCUT2D eigenvalue weighted by Gasteiger charge is -2.36. The Labute approximate surface area is 236 Å². The van der Waals surface area contributed by atoms with Crippen LogP contribution in [0.2, 0.25) is 0 Å². The number of aliphatic hydroxyl groups excluding tert-OH is 1. The number of benzene rings is 3. The summed E-state index contributed by atoms with van der Waals surface area (Å²) in [6.07, 6.45) is 1.09. The largest absolute Gasteiger partial charge is 0.394 e. The van der Waals surface area contributed by atoms with E-state index in [0.717, 1.165) is 25.9 Å². The number of carbonyl (C=O) groups excluding carboxylic acids is 2. The minimum Gasteiger partial charge on any atom is -0.394 e. The van der Waals surface area contributed by atoms with Crippen molar-refractivity contribution < 1.29 is 19.4 Å². The van der Waals surface area contributed by atoms with Crippen molar-refractivity contribution in [3.63, 3.8) is 0 Å². The third-order valence-electron chi connectivity index (χ3n) is 8.36. The smallest absolute Gasteiger partial charge is 0.264 e. The number of hydrogen-bond donors (Lipinski definition) is 1. The molecule has 1 saturated heterocycles. The summed E-state index contributed by atoms with van der Waals surface area (Å²) in [6, 6.07) is 23.9. The SMILES string of the molecule is C[C@H]1C[C@@H](CC(=O)N2Cc3ccccc3C[C@H]2CO)O[C@]12C(=O)N(Cc1ccc(I)cc1)c1ccccc12. The number of aliphatic hydroxyl groups is 1. The van der Waals surface area contributed by atoms with E-state index in [4.69, 9.17) is 4.74 Å². The van der Waals surface area contributed by atoms with E-state index in [1.807, 2.05) is 59.5 Å². The zero-order valence-corrected chi connectivity index (χ0v) is 23.5. The summed E-state index contributed by atoms with van der Waals surface area (Å²) in [7, 11) is 0. The van der Waals surface area contributed by atoms with Gasteiger partial charge in [0.25, 0.3) is 5.91 Å². The van der Waals surface area contributed by atoms with Crippen LogP contribution in [0.1, 0.15) is 42.0 Å². The predicted octanol–water partition coefficient (Wildman–Crippen LogP) is 4.79. The van der Waals surface area contributed by atoms with Gasteiger partial charge in [-0.2, -0.15) is 0 Å². The highest BCUT2D eigenvalue weighted by molar-refractivity contribution is 14.1. The van der Waals surface area contributed by atoms with Crippen LogP contribution in [0.25, 0.3) is 0 Å². The highest BCUT2D eigenvalue weighted by Crippen LogP contribution is 2.53. The fraction of sp³-hybridized carbons (Fsp3) is 0.355. The Morgan fingerprint density at radius 3 is 2.53 bits per heavy atom. The molecule has 0 unspecified atom stereocenters. The van der Waals surface area contributed by atoms with Crippen LogP contribution in [0.3, 0.4) is 0 Å². The number of fused-ring (bicyclic) bond motifs is 3. The average molecular weight is 623 g/mol. The molecule has 0 aliphatic carbocycles. The molecule has 0 bridgehead atoms. The molecule has 0 saturated carbocycles. The van der Waals surface area contributed by atoms with E-state index in [1.54, 1.807) is 4.90 Å². The molecule has 3 heterocycles. The number of amides is 2. The van der Waals surface area contributed by atoms with Crippen molar-refractivity contribution in [2.75, 3.05) is 11.5 Å². The van der Waals surface area contributed by atoms with Crippen LogP contribution in [0.5, 0.6) is 0 Å². The Morgan fingerprint density at radius 1 is 1.05 bits per heavy atom. The number of para-hydroxylation sites is 1. The molecule has 196 valence electrons. The number of halogens is 1. The van der Waals surface area contributed by atoms with Crippen LogP contribution in [0.15, 0.2) is 72.8 Å². The lowest BCUT2D eigenvalue weighted by molar-refractivity contribution is -0.151. The molecule has 1 fully saturated rings. The lowest BCUT2D eigenvalue weighted by Crippen LogP contribution is -2.47. The fourth-order valence-corrected chi connectivity index (χ4v) is 6.79. The van der Waals surface area contributed by atoms with Crippen molar-refractivity contribution in [1.29, 1.82) is 0 Å². The van der Waals surface area contributed by atoms with Gasteiger partial charge in [-0.25, -0.2) is 0 Å². The monoisotopic (exact) mass is 622 g/mol. The molecule has 6 rings (SSSR count). The van der Waals surface area contributed by atoms with Crippen molar-refractivity contribution in [2.45, 2.75) is 57.0 Å². The van der Waals surface area contributed by atoms with E-state index >= 15 is 0 Å². The van der Waals surface area contributed by atoms with Crippen LogP contribution in [0, 0.1) is 9.49 Å². The van der Waals surface area contributed by atoms with Gasteiger partial charge in [0.05, 0.1) is 37.4 Å². The van der Waals surface area contributed by atoms with Crippen molar-refractivity contribution in [2.24, 2.45) is 5.92 Å². The number of carbonyl (C=O) groups is 2. The van der Waals surface area contributed by atoms with Crippen molar-refractivity contribution in [1.82, 2.24) is 4.90 Å². The number of nitrogens with zero attached hydrogens (tertiary/aromatic N) is 2. The molecular weight excluding hydrogens is 591 g/mol. The normalized spacial score (nSPS) is 26.1. The van der Waals surface area contributed by atoms with Gasteiger partial charge < -0.3 is 19.6 Å². The molecular formula is C31H31IN2O4.